The van der Waals surface area contributed by atoms with Crippen LogP contribution in [-0.2, 0) is 11.3 Å². The molecule has 0 amide bonds. The first-order chi connectivity index (χ1) is 7.88. The van der Waals surface area contributed by atoms with E-state index >= 15 is 0 Å². The third-order valence-electron chi connectivity index (χ3n) is 2.01. The van der Waals surface area contributed by atoms with Crippen LogP contribution in [0.15, 0.2) is 24.3 Å². The lowest BCUT2D eigenvalue weighted by Gasteiger charge is -2.08. The minimum absolute atomic E-state index is 0.118. The molecule has 0 unspecified atom stereocenters. The van der Waals surface area contributed by atoms with Crippen LogP contribution < -0.4 is 5.73 Å². The molecule has 0 aliphatic heterocycles. The van der Waals surface area contributed by atoms with Crippen LogP contribution >= 0.6 is 12.2 Å². The van der Waals surface area contributed by atoms with Gasteiger partial charge in [0.1, 0.15) is 4.99 Å². The fourth-order valence-corrected chi connectivity index (χ4v) is 1.32. The van der Waals surface area contributed by atoms with Gasteiger partial charge in [0.05, 0.1) is 19.6 Å². The van der Waals surface area contributed by atoms with E-state index in [0.29, 0.717) is 5.56 Å². The molecule has 94 valence electrons. The lowest BCUT2D eigenvalue weighted by Crippen LogP contribution is -2.12. The summed E-state index contributed by atoms with van der Waals surface area (Å²) in [4.78, 5) is 0.252. The van der Waals surface area contributed by atoms with E-state index in [1.165, 1.54) is 0 Å². The molecular weight excluding hydrogens is 251 g/mol. The predicted molar refractivity (Wildman–Crippen MR) is 62.7 cm³/mol. The lowest BCUT2D eigenvalue weighted by atomic mass is 10.1. The Labute approximate surface area is 103 Å². The number of halogens is 3. The van der Waals surface area contributed by atoms with Crippen molar-refractivity contribution in [3.05, 3.63) is 35.4 Å². The summed E-state index contributed by atoms with van der Waals surface area (Å²) >= 11 is 4.79. The van der Waals surface area contributed by atoms with Crippen molar-refractivity contribution in [3.8, 4) is 0 Å². The molecule has 6 heteroatoms. The van der Waals surface area contributed by atoms with Crippen LogP contribution in [0.5, 0.6) is 0 Å². The number of thiocarbonyl (C=S) groups is 1. The van der Waals surface area contributed by atoms with Crippen molar-refractivity contribution in [2.45, 2.75) is 19.2 Å². The topological polar surface area (TPSA) is 35.2 Å². The molecule has 0 radical (unpaired) electrons. The molecule has 0 bridgehead atoms. The minimum Gasteiger partial charge on any atom is -0.389 e. The molecule has 2 nitrogen and oxygen atoms in total. The lowest BCUT2D eigenvalue weighted by molar-refractivity contribution is -0.146. The average molecular weight is 263 g/mol. The van der Waals surface area contributed by atoms with Gasteiger partial charge in [-0.15, -0.1) is 0 Å². The average Bonchev–Trinajstić information content (AvgIpc) is 2.23. The van der Waals surface area contributed by atoms with E-state index in [0.717, 1.165) is 5.56 Å². The zero-order chi connectivity index (χ0) is 12.9. The molecule has 0 atom stereocenters. The molecule has 2 N–H and O–H groups in total. The van der Waals surface area contributed by atoms with Gasteiger partial charge < -0.3 is 10.5 Å². The predicted octanol–water partition coefficient (Wildman–Crippen LogP) is 2.79. The fraction of sp³-hybridized carbons (Fsp3) is 0.364. The first kappa shape index (κ1) is 13.9. The van der Waals surface area contributed by atoms with E-state index in [1.54, 1.807) is 24.3 Å². The second-order valence-electron chi connectivity index (χ2n) is 3.48. The number of hydrogen-bond acceptors (Lipinski definition) is 2. The van der Waals surface area contributed by atoms with E-state index in [1.807, 2.05) is 0 Å². The largest absolute Gasteiger partial charge is 0.391 e. The maximum atomic E-state index is 11.8. The summed E-state index contributed by atoms with van der Waals surface area (Å²) in [5.74, 6) is 0. The van der Waals surface area contributed by atoms with E-state index in [9.17, 15) is 13.2 Å². The van der Waals surface area contributed by atoms with Gasteiger partial charge in [0.25, 0.3) is 0 Å². The van der Waals surface area contributed by atoms with Gasteiger partial charge in [0.15, 0.2) is 0 Å². The van der Waals surface area contributed by atoms with Gasteiger partial charge in [-0.1, -0.05) is 30.4 Å². The van der Waals surface area contributed by atoms with E-state index in [2.05, 4.69) is 0 Å². The Balaban J connectivity index is 2.42. The van der Waals surface area contributed by atoms with Gasteiger partial charge in [0.2, 0.25) is 0 Å². The van der Waals surface area contributed by atoms with Crippen molar-refractivity contribution >= 4 is 17.2 Å². The van der Waals surface area contributed by atoms with Crippen molar-refractivity contribution < 1.29 is 17.9 Å². The van der Waals surface area contributed by atoms with Crippen molar-refractivity contribution in [1.29, 1.82) is 0 Å². The molecule has 0 fully saturated rings. The number of alkyl halides is 3. The monoisotopic (exact) mass is 263 g/mol. The Morgan fingerprint density at radius 1 is 1.35 bits per heavy atom. The molecule has 0 saturated heterocycles. The fourth-order valence-electron chi connectivity index (χ4n) is 1.19. The van der Waals surface area contributed by atoms with Crippen LogP contribution in [0, 0.1) is 0 Å². The standard InChI is InChI=1S/C11H12F3NOS/c12-11(13,14)4-5-16-7-8-2-1-3-9(6-8)10(15)17/h1-3,6H,4-5,7H2,(H2,15,17). The highest BCUT2D eigenvalue weighted by Crippen LogP contribution is 2.19. The Morgan fingerprint density at radius 2 is 2.06 bits per heavy atom. The molecule has 1 rings (SSSR count). The number of rotatable bonds is 5. The maximum Gasteiger partial charge on any atom is 0.391 e. The number of benzene rings is 1. The Kier molecular flexibility index (Phi) is 4.89. The van der Waals surface area contributed by atoms with Gasteiger partial charge >= 0.3 is 6.18 Å². The van der Waals surface area contributed by atoms with Gasteiger partial charge in [-0.3, -0.25) is 0 Å². The number of hydrogen-bond donors (Lipinski definition) is 1. The van der Waals surface area contributed by atoms with E-state index < -0.39 is 12.6 Å². The molecule has 0 aromatic heterocycles. The minimum atomic E-state index is -4.18. The van der Waals surface area contributed by atoms with Crippen LogP contribution in [0.4, 0.5) is 13.2 Å². The highest BCUT2D eigenvalue weighted by Gasteiger charge is 2.26. The van der Waals surface area contributed by atoms with Crippen molar-refractivity contribution in [2.24, 2.45) is 5.73 Å². The number of ether oxygens (including phenoxy) is 1. The van der Waals surface area contributed by atoms with Gasteiger partial charge in [-0.05, 0) is 11.6 Å². The second-order valence-corrected chi connectivity index (χ2v) is 3.92. The molecule has 0 heterocycles. The van der Waals surface area contributed by atoms with Gasteiger partial charge in [0, 0.05) is 5.56 Å². The van der Waals surface area contributed by atoms with Crippen LogP contribution in [0.25, 0.3) is 0 Å². The van der Waals surface area contributed by atoms with Crippen molar-refractivity contribution in [2.75, 3.05) is 6.61 Å². The van der Waals surface area contributed by atoms with Crippen LogP contribution in [0.3, 0.4) is 0 Å². The molecule has 0 saturated carbocycles. The third kappa shape index (κ3) is 5.65. The summed E-state index contributed by atoms with van der Waals surface area (Å²) < 4.78 is 40.4. The normalized spacial score (nSPS) is 11.5. The molecule has 0 aliphatic rings. The van der Waals surface area contributed by atoms with E-state index in [-0.39, 0.29) is 18.2 Å². The molecule has 0 spiro atoms. The summed E-state index contributed by atoms with van der Waals surface area (Å²) in [6.07, 6.45) is -5.12. The highest BCUT2D eigenvalue weighted by atomic mass is 32.1. The van der Waals surface area contributed by atoms with Crippen LogP contribution in [0.2, 0.25) is 0 Å². The first-order valence-electron chi connectivity index (χ1n) is 4.92. The SMILES string of the molecule is NC(=S)c1cccc(COCCC(F)(F)F)c1. The van der Waals surface area contributed by atoms with E-state index in [4.69, 9.17) is 22.7 Å². The van der Waals surface area contributed by atoms with Crippen LogP contribution in [0.1, 0.15) is 17.5 Å². The molecule has 0 aliphatic carbocycles. The molecule has 1 aromatic rings. The summed E-state index contributed by atoms with van der Waals surface area (Å²) in [6, 6.07) is 6.92. The quantitative estimate of drug-likeness (QED) is 0.655. The highest BCUT2D eigenvalue weighted by molar-refractivity contribution is 7.80. The number of nitrogens with two attached hydrogens (primary N) is 1. The Morgan fingerprint density at radius 3 is 2.65 bits per heavy atom. The zero-order valence-corrected chi connectivity index (χ0v) is 9.77. The summed E-state index contributed by atoms with van der Waals surface area (Å²) in [7, 11) is 0. The second kappa shape index (κ2) is 5.97. The molecule has 1 aromatic carbocycles. The third-order valence-corrected chi connectivity index (χ3v) is 2.25. The smallest absolute Gasteiger partial charge is 0.389 e. The zero-order valence-electron chi connectivity index (χ0n) is 8.96. The molecular formula is C11H12F3NOS. The first-order valence-corrected chi connectivity index (χ1v) is 5.32. The Bertz CT molecular complexity index is 393. The Hall–Kier alpha value is -1.14. The van der Waals surface area contributed by atoms with Crippen LogP contribution in [-0.4, -0.2) is 17.8 Å². The summed E-state index contributed by atoms with van der Waals surface area (Å²) in [6.45, 7) is -0.229. The van der Waals surface area contributed by atoms with Crippen molar-refractivity contribution in [1.82, 2.24) is 0 Å². The van der Waals surface area contributed by atoms with Gasteiger partial charge in [-0.2, -0.15) is 13.2 Å². The maximum absolute atomic E-state index is 11.8. The molecule has 17 heavy (non-hydrogen) atoms. The summed E-state index contributed by atoms with van der Waals surface area (Å²) in [5.41, 5.74) is 6.86. The van der Waals surface area contributed by atoms with Gasteiger partial charge in [-0.25, -0.2) is 0 Å². The summed E-state index contributed by atoms with van der Waals surface area (Å²) in [5, 5.41) is 0. The van der Waals surface area contributed by atoms with Crippen molar-refractivity contribution in [3.63, 3.8) is 0 Å².